The normalized spacial score (nSPS) is 24.6. The van der Waals surface area contributed by atoms with Crippen LogP contribution in [0.4, 0.5) is 10.5 Å². The van der Waals surface area contributed by atoms with E-state index in [1.165, 1.54) is 0 Å². The first-order valence-electron chi connectivity index (χ1n) is 9.05. The molecular weight excluding hydrogens is 338 g/mol. The molecule has 2 atom stereocenters. The van der Waals surface area contributed by atoms with Gasteiger partial charge in [0.05, 0.1) is 12.1 Å². The molecule has 4 rings (SSSR count). The van der Waals surface area contributed by atoms with Crippen LogP contribution in [0.15, 0.2) is 18.2 Å². The number of hydrogen-bond donors (Lipinski definition) is 2. The molecule has 2 fully saturated rings. The van der Waals surface area contributed by atoms with E-state index in [-0.39, 0.29) is 30.5 Å². The largest absolute Gasteiger partial charge is 0.486 e. The Morgan fingerprint density at radius 2 is 2.04 bits per heavy atom. The van der Waals surface area contributed by atoms with Gasteiger partial charge in [0.2, 0.25) is 5.91 Å². The Balaban J connectivity index is 1.32. The molecular formula is C18H23N3O5. The topological polar surface area (TPSA) is 89.1 Å². The Kier molecular flexibility index (Phi) is 4.83. The fourth-order valence-electron chi connectivity index (χ4n) is 3.50. The third-order valence-corrected chi connectivity index (χ3v) is 4.81. The highest BCUT2D eigenvalue weighted by Gasteiger charge is 2.32. The maximum atomic E-state index is 12.4. The number of hydrogen-bond acceptors (Lipinski definition) is 5. The number of urea groups is 1. The van der Waals surface area contributed by atoms with Gasteiger partial charge in [-0.05, 0) is 25.0 Å². The zero-order chi connectivity index (χ0) is 17.9. The lowest BCUT2D eigenvalue weighted by Gasteiger charge is -2.22. The van der Waals surface area contributed by atoms with Gasteiger partial charge < -0.3 is 29.7 Å². The number of carbonyl (C=O) groups is 2. The third-order valence-electron chi connectivity index (χ3n) is 4.81. The lowest BCUT2D eigenvalue weighted by atomic mass is 10.2. The number of nitrogens with zero attached hydrogens (tertiary/aromatic N) is 1. The molecule has 3 heterocycles. The summed E-state index contributed by atoms with van der Waals surface area (Å²) >= 11 is 0. The number of fused-ring (bicyclic) bond motifs is 1. The van der Waals surface area contributed by atoms with Gasteiger partial charge in [0.1, 0.15) is 13.2 Å². The second-order valence-corrected chi connectivity index (χ2v) is 6.72. The molecule has 0 radical (unpaired) electrons. The van der Waals surface area contributed by atoms with E-state index in [4.69, 9.17) is 14.2 Å². The van der Waals surface area contributed by atoms with Crippen molar-refractivity contribution in [1.82, 2.24) is 10.6 Å². The van der Waals surface area contributed by atoms with Crippen LogP contribution < -0.4 is 25.0 Å². The van der Waals surface area contributed by atoms with Crippen molar-refractivity contribution in [3.8, 4) is 11.5 Å². The number of benzene rings is 1. The summed E-state index contributed by atoms with van der Waals surface area (Å²) in [6.07, 6.45) is 2.39. The summed E-state index contributed by atoms with van der Waals surface area (Å²) in [6.45, 7) is 2.72. The fourth-order valence-corrected chi connectivity index (χ4v) is 3.50. The molecule has 1 aromatic carbocycles. The van der Waals surface area contributed by atoms with Crippen LogP contribution in [0, 0.1) is 0 Å². The van der Waals surface area contributed by atoms with E-state index in [2.05, 4.69) is 10.6 Å². The van der Waals surface area contributed by atoms with E-state index in [0.29, 0.717) is 37.8 Å². The number of anilines is 1. The second kappa shape index (κ2) is 7.41. The molecule has 2 N–H and O–H groups in total. The minimum Gasteiger partial charge on any atom is -0.486 e. The van der Waals surface area contributed by atoms with E-state index in [1.54, 1.807) is 4.90 Å². The zero-order valence-electron chi connectivity index (χ0n) is 14.5. The maximum Gasteiger partial charge on any atom is 0.315 e. The number of amides is 3. The maximum absolute atomic E-state index is 12.4. The monoisotopic (exact) mass is 361 g/mol. The number of rotatable bonds is 4. The van der Waals surface area contributed by atoms with Crippen molar-refractivity contribution in [2.75, 3.05) is 37.8 Å². The van der Waals surface area contributed by atoms with E-state index in [9.17, 15) is 9.59 Å². The molecule has 8 heteroatoms. The van der Waals surface area contributed by atoms with Gasteiger partial charge >= 0.3 is 6.03 Å². The molecule has 0 aromatic heterocycles. The molecule has 0 bridgehead atoms. The van der Waals surface area contributed by atoms with Crippen LogP contribution in [0.2, 0.25) is 0 Å². The van der Waals surface area contributed by atoms with Crippen LogP contribution in [-0.4, -0.2) is 57.0 Å². The number of carbonyl (C=O) groups excluding carboxylic acids is 2. The molecule has 140 valence electrons. The number of nitrogens with one attached hydrogen (secondary N) is 2. The molecule has 0 saturated carbocycles. The highest BCUT2D eigenvalue weighted by Crippen LogP contribution is 2.35. The van der Waals surface area contributed by atoms with Gasteiger partial charge in [-0.15, -0.1) is 0 Å². The lowest BCUT2D eigenvalue weighted by Crippen LogP contribution is -2.45. The minimum atomic E-state index is -0.262. The average molecular weight is 361 g/mol. The predicted molar refractivity (Wildman–Crippen MR) is 93.7 cm³/mol. The number of ether oxygens (including phenoxy) is 3. The Morgan fingerprint density at radius 3 is 2.85 bits per heavy atom. The summed E-state index contributed by atoms with van der Waals surface area (Å²) in [4.78, 5) is 26.1. The van der Waals surface area contributed by atoms with Gasteiger partial charge in [0, 0.05) is 37.9 Å². The van der Waals surface area contributed by atoms with Crippen molar-refractivity contribution in [2.45, 2.75) is 31.4 Å². The smallest absolute Gasteiger partial charge is 0.315 e. The molecule has 2 unspecified atom stereocenters. The molecule has 3 aliphatic heterocycles. The van der Waals surface area contributed by atoms with Crippen LogP contribution in [0.25, 0.3) is 0 Å². The Bertz CT molecular complexity index is 689. The summed E-state index contributed by atoms with van der Waals surface area (Å²) in [6, 6.07) is 4.98. The average Bonchev–Trinajstić information content (AvgIpc) is 3.29. The summed E-state index contributed by atoms with van der Waals surface area (Å²) in [7, 11) is 0. The van der Waals surface area contributed by atoms with Crippen molar-refractivity contribution in [2.24, 2.45) is 0 Å². The summed E-state index contributed by atoms with van der Waals surface area (Å²) < 4.78 is 16.6. The quantitative estimate of drug-likeness (QED) is 0.837. The van der Waals surface area contributed by atoms with Crippen LogP contribution in [0.5, 0.6) is 11.5 Å². The lowest BCUT2D eigenvalue weighted by molar-refractivity contribution is -0.117. The Hall–Kier alpha value is -2.48. The van der Waals surface area contributed by atoms with Gasteiger partial charge in [-0.2, -0.15) is 0 Å². The summed E-state index contributed by atoms with van der Waals surface area (Å²) in [5.74, 6) is 1.31. The first kappa shape index (κ1) is 17.0. The first-order valence-corrected chi connectivity index (χ1v) is 9.05. The SMILES string of the molecule is O=C(NCC1CCCO1)NC1CC(=O)N(c2ccc3c(c2)OCCO3)C1. The van der Waals surface area contributed by atoms with Crippen LogP contribution in [0.1, 0.15) is 19.3 Å². The first-order chi connectivity index (χ1) is 12.7. The van der Waals surface area contributed by atoms with Crippen LogP contribution in [0.3, 0.4) is 0 Å². The highest BCUT2D eigenvalue weighted by atomic mass is 16.6. The minimum absolute atomic E-state index is 0.0221. The van der Waals surface area contributed by atoms with E-state index in [0.717, 1.165) is 25.1 Å². The van der Waals surface area contributed by atoms with Crippen molar-refractivity contribution in [3.63, 3.8) is 0 Å². The van der Waals surface area contributed by atoms with Crippen molar-refractivity contribution in [3.05, 3.63) is 18.2 Å². The summed E-state index contributed by atoms with van der Waals surface area (Å²) in [5.41, 5.74) is 0.753. The van der Waals surface area contributed by atoms with Crippen molar-refractivity contribution in [1.29, 1.82) is 0 Å². The molecule has 1 aromatic rings. The molecule has 3 aliphatic rings. The Labute approximate surface area is 151 Å². The molecule has 3 amide bonds. The molecule has 0 aliphatic carbocycles. The van der Waals surface area contributed by atoms with Crippen LogP contribution >= 0.6 is 0 Å². The van der Waals surface area contributed by atoms with Crippen LogP contribution in [-0.2, 0) is 9.53 Å². The van der Waals surface area contributed by atoms with E-state index < -0.39 is 0 Å². The highest BCUT2D eigenvalue weighted by molar-refractivity contribution is 5.97. The second-order valence-electron chi connectivity index (χ2n) is 6.72. The molecule has 8 nitrogen and oxygen atoms in total. The fraction of sp³-hybridized carbons (Fsp3) is 0.556. The van der Waals surface area contributed by atoms with Gasteiger partial charge in [0.25, 0.3) is 0 Å². The predicted octanol–water partition coefficient (Wildman–Crippen LogP) is 1.04. The Morgan fingerprint density at radius 1 is 1.19 bits per heavy atom. The molecule has 2 saturated heterocycles. The van der Waals surface area contributed by atoms with Gasteiger partial charge in [0.15, 0.2) is 11.5 Å². The molecule has 26 heavy (non-hydrogen) atoms. The van der Waals surface area contributed by atoms with Crippen molar-refractivity contribution < 1.29 is 23.8 Å². The summed E-state index contributed by atoms with van der Waals surface area (Å²) in [5, 5.41) is 5.69. The standard InChI is InChI=1S/C18H23N3O5/c22-17-8-12(20-18(23)19-10-14-2-1-5-24-14)11-21(17)13-3-4-15-16(9-13)26-7-6-25-15/h3-4,9,12,14H,1-2,5-8,10-11H2,(H2,19,20,23). The van der Waals surface area contributed by atoms with E-state index >= 15 is 0 Å². The third kappa shape index (κ3) is 3.70. The van der Waals surface area contributed by atoms with E-state index in [1.807, 2.05) is 18.2 Å². The van der Waals surface area contributed by atoms with Gasteiger partial charge in [-0.25, -0.2) is 4.79 Å². The van der Waals surface area contributed by atoms with Gasteiger partial charge in [-0.3, -0.25) is 4.79 Å². The van der Waals surface area contributed by atoms with Gasteiger partial charge in [-0.1, -0.05) is 0 Å². The molecule has 0 spiro atoms. The van der Waals surface area contributed by atoms with Crippen molar-refractivity contribution >= 4 is 17.6 Å². The zero-order valence-corrected chi connectivity index (χ0v) is 14.5.